The molecule has 8 heteroatoms. The Bertz CT molecular complexity index is 621. The zero-order valence-electron chi connectivity index (χ0n) is 17.5. The lowest BCUT2D eigenvalue weighted by atomic mass is 9.79. The van der Waals surface area contributed by atoms with Crippen LogP contribution in [0, 0.1) is 0 Å². The maximum Gasteiger partial charge on any atom is 0.194 e. The third kappa shape index (κ3) is 6.25. The molecule has 1 saturated carbocycles. The topological polar surface area (TPSA) is 65.7 Å². The summed E-state index contributed by atoms with van der Waals surface area (Å²) in [6.07, 6.45) is 4.02. The van der Waals surface area contributed by atoms with Gasteiger partial charge in [-0.25, -0.2) is 0 Å². The Morgan fingerprint density at radius 2 is 2.22 bits per heavy atom. The smallest absolute Gasteiger partial charge is 0.194 e. The van der Waals surface area contributed by atoms with E-state index >= 15 is 0 Å². The summed E-state index contributed by atoms with van der Waals surface area (Å²) in [6.45, 7) is 10.6. The molecule has 0 spiro atoms. The second-order valence-electron chi connectivity index (χ2n) is 7.48. The molecule has 1 aliphatic rings. The number of halogens is 1. The number of aliphatic imine (C=N–C) groups is 1. The minimum absolute atomic E-state index is 0. The van der Waals surface area contributed by atoms with Crippen molar-refractivity contribution < 1.29 is 5.11 Å². The molecule has 0 aliphatic heterocycles. The summed E-state index contributed by atoms with van der Waals surface area (Å²) < 4.78 is 1.88. The minimum atomic E-state index is -0.653. The van der Waals surface area contributed by atoms with Gasteiger partial charge < -0.3 is 15.3 Å². The van der Waals surface area contributed by atoms with Crippen molar-refractivity contribution >= 4 is 41.7 Å². The number of nitrogens with zero attached hydrogens (tertiary/aromatic N) is 4. The van der Waals surface area contributed by atoms with E-state index in [9.17, 15) is 5.11 Å². The number of hydrogen-bond acceptors (Lipinski definition) is 4. The first-order valence-electron chi connectivity index (χ1n) is 9.66. The second-order valence-corrected chi connectivity index (χ2v) is 8.96. The van der Waals surface area contributed by atoms with E-state index in [0.29, 0.717) is 17.7 Å². The number of rotatable bonds is 8. The van der Waals surface area contributed by atoms with E-state index < -0.39 is 5.60 Å². The van der Waals surface area contributed by atoms with Crippen LogP contribution in [-0.2, 0) is 13.6 Å². The first kappa shape index (κ1) is 24.6. The number of thioether (sulfide) groups is 1. The van der Waals surface area contributed by atoms with Crippen molar-refractivity contribution in [3.63, 3.8) is 0 Å². The lowest BCUT2D eigenvalue weighted by Crippen LogP contribution is -2.53. The standard InChI is InChI=1S/C19H35N5OS.HI/c1-7-20-18(21-13-19(25)10-9-16(19)26-8-2)23(5)11-15-12-24(6)22-17(15)14(3)4;/h12,14,16,25H,7-11,13H2,1-6H3,(H,20,21);1H. The fraction of sp³-hybridized carbons (Fsp3) is 0.789. The molecule has 2 rings (SSSR count). The molecule has 27 heavy (non-hydrogen) atoms. The highest BCUT2D eigenvalue weighted by Crippen LogP contribution is 2.41. The summed E-state index contributed by atoms with van der Waals surface area (Å²) in [5.74, 6) is 2.27. The Morgan fingerprint density at radius 3 is 2.74 bits per heavy atom. The molecule has 1 heterocycles. The normalized spacial score (nSPS) is 22.4. The summed E-state index contributed by atoms with van der Waals surface area (Å²) in [6, 6.07) is 0. The zero-order chi connectivity index (χ0) is 19.3. The molecule has 1 aliphatic carbocycles. The van der Waals surface area contributed by atoms with Crippen molar-refractivity contribution in [1.29, 1.82) is 0 Å². The summed E-state index contributed by atoms with van der Waals surface area (Å²) in [5.41, 5.74) is 1.70. The predicted octanol–water partition coefficient (Wildman–Crippen LogP) is 3.21. The summed E-state index contributed by atoms with van der Waals surface area (Å²) in [4.78, 5) is 6.88. The van der Waals surface area contributed by atoms with Gasteiger partial charge in [0, 0.05) is 44.2 Å². The van der Waals surface area contributed by atoms with Crippen LogP contribution in [0.4, 0.5) is 0 Å². The van der Waals surface area contributed by atoms with E-state index in [0.717, 1.165) is 43.3 Å². The van der Waals surface area contributed by atoms with Crippen LogP contribution in [0.3, 0.4) is 0 Å². The van der Waals surface area contributed by atoms with Crippen molar-refractivity contribution in [1.82, 2.24) is 20.0 Å². The molecular formula is C19H36IN5OS. The number of hydrogen-bond donors (Lipinski definition) is 2. The van der Waals surface area contributed by atoms with E-state index in [2.05, 4.69) is 49.2 Å². The van der Waals surface area contributed by atoms with Crippen LogP contribution < -0.4 is 5.32 Å². The van der Waals surface area contributed by atoms with Crippen molar-refractivity contribution in [2.75, 3.05) is 25.9 Å². The van der Waals surface area contributed by atoms with Crippen molar-refractivity contribution in [3.05, 3.63) is 17.5 Å². The maximum atomic E-state index is 10.8. The first-order valence-corrected chi connectivity index (χ1v) is 10.7. The second kappa shape index (κ2) is 10.9. The molecule has 0 radical (unpaired) electrons. The zero-order valence-corrected chi connectivity index (χ0v) is 20.7. The van der Waals surface area contributed by atoms with Gasteiger partial charge in [0.2, 0.25) is 0 Å². The Hall–Kier alpha value is -0.480. The van der Waals surface area contributed by atoms with E-state index in [1.807, 2.05) is 30.5 Å². The average Bonchev–Trinajstić information content (AvgIpc) is 2.95. The van der Waals surface area contributed by atoms with E-state index in [4.69, 9.17) is 4.99 Å². The number of nitrogens with one attached hydrogen (secondary N) is 1. The summed E-state index contributed by atoms with van der Waals surface area (Å²) >= 11 is 1.84. The monoisotopic (exact) mass is 509 g/mol. The Labute approximate surface area is 185 Å². The summed E-state index contributed by atoms with van der Waals surface area (Å²) in [7, 11) is 4.01. The highest BCUT2D eigenvalue weighted by Gasteiger charge is 2.45. The molecule has 0 saturated heterocycles. The molecule has 1 aromatic heterocycles. The molecule has 2 N–H and O–H groups in total. The minimum Gasteiger partial charge on any atom is -0.387 e. The lowest BCUT2D eigenvalue weighted by Gasteiger charge is -2.44. The van der Waals surface area contributed by atoms with Crippen LogP contribution in [0.15, 0.2) is 11.2 Å². The van der Waals surface area contributed by atoms with Gasteiger partial charge in [0.1, 0.15) is 0 Å². The summed E-state index contributed by atoms with van der Waals surface area (Å²) in [5, 5.41) is 19.1. The largest absolute Gasteiger partial charge is 0.387 e. The van der Waals surface area contributed by atoms with E-state index in [1.165, 1.54) is 5.56 Å². The van der Waals surface area contributed by atoms with Gasteiger partial charge in [0.15, 0.2) is 5.96 Å². The molecule has 0 aromatic carbocycles. The van der Waals surface area contributed by atoms with Gasteiger partial charge >= 0.3 is 0 Å². The van der Waals surface area contributed by atoms with Crippen LogP contribution in [0.5, 0.6) is 0 Å². The fourth-order valence-corrected chi connectivity index (χ4v) is 4.58. The highest BCUT2D eigenvalue weighted by atomic mass is 127. The third-order valence-corrected chi connectivity index (χ3v) is 6.31. The Morgan fingerprint density at radius 1 is 1.52 bits per heavy atom. The third-order valence-electron chi connectivity index (χ3n) is 4.90. The van der Waals surface area contributed by atoms with Gasteiger partial charge in [-0.15, -0.1) is 24.0 Å². The predicted molar refractivity (Wildman–Crippen MR) is 126 cm³/mol. The van der Waals surface area contributed by atoms with E-state index in [-0.39, 0.29) is 24.0 Å². The van der Waals surface area contributed by atoms with Crippen LogP contribution in [0.1, 0.15) is 57.7 Å². The Balaban J connectivity index is 0.00000364. The van der Waals surface area contributed by atoms with Gasteiger partial charge in [-0.2, -0.15) is 16.9 Å². The molecule has 2 atom stereocenters. The van der Waals surface area contributed by atoms with Gasteiger partial charge in [0.25, 0.3) is 0 Å². The van der Waals surface area contributed by atoms with Gasteiger partial charge in [-0.3, -0.25) is 9.67 Å². The van der Waals surface area contributed by atoms with Crippen LogP contribution in [-0.4, -0.2) is 62.5 Å². The van der Waals surface area contributed by atoms with Gasteiger partial charge in [-0.05, 0) is 31.4 Å². The molecule has 6 nitrogen and oxygen atoms in total. The van der Waals surface area contributed by atoms with Crippen molar-refractivity contribution in [2.24, 2.45) is 12.0 Å². The highest BCUT2D eigenvalue weighted by molar-refractivity contribution is 14.0. The SMILES string of the molecule is CCNC(=NCC1(O)CCC1SCC)N(C)Cc1cn(C)nc1C(C)C.I. The average molecular weight is 510 g/mol. The maximum absolute atomic E-state index is 10.8. The van der Waals surface area contributed by atoms with Crippen molar-refractivity contribution in [2.45, 2.75) is 63.9 Å². The Kier molecular flexibility index (Phi) is 9.91. The van der Waals surface area contributed by atoms with Gasteiger partial charge in [0.05, 0.1) is 17.8 Å². The van der Waals surface area contributed by atoms with Crippen LogP contribution >= 0.6 is 35.7 Å². The molecule has 156 valence electrons. The molecule has 1 aromatic rings. The number of guanidine groups is 1. The number of aliphatic hydroxyl groups is 1. The molecule has 0 amide bonds. The van der Waals surface area contributed by atoms with Gasteiger partial charge in [-0.1, -0.05) is 20.8 Å². The number of aromatic nitrogens is 2. The number of aryl methyl sites for hydroxylation is 1. The quantitative estimate of drug-likeness (QED) is 0.320. The van der Waals surface area contributed by atoms with E-state index in [1.54, 1.807) is 0 Å². The fourth-order valence-electron chi connectivity index (χ4n) is 3.39. The van der Waals surface area contributed by atoms with Crippen LogP contribution in [0.25, 0.3) is 0 Å². The molecule has 1 fully saturated rings. The first-order chi connectivity index (χ1) is 12.3. The molecule has 2 unspecified atom stereocenters. The molecule has 0 bridgehead atoms. The molecular weight excluding hydrogens is 473 g/mol. The van der Waals surface area contributed by atoms with Crippen LogP contribution in [0.2, 0.25) is 0 Å². The van der Waals surface area contributed by atoms with Crippen molar-refractivity contribution in [3.8, 4) is 0 Å². The lowest BCUT2D eigenvalue weighted by molar-refractivity contribution is -0.0156.